The van der Waals surface area contributed by atoms with Crippen LogP contribution in [0.25, 0.3) is 0 Å². The second kappa shape index (κ2) is 8.49. The Labute approximate surface area is 145 Å². The van der Waals surface area contributed by atoms with Crippen molar-refractivity contribution in [1.29, 1.82) is 0 Å². The van der Waals surface area contributed by atoms with E-state index in [0.29, 0.717) is 6.54 Å². The average Bonchev–Trinajstić information content (AvgIpc) is 2.54. The number of aryl methyl sites for hydroxylation is 1. The molecule has 1 heterocycles. The van der Waals surface area contributed by atoms with Crippen LogP contribution in [-0.2, 0) is 4.79 Å². The maximum absolute atomic E-state index is 11.5. The molecule has 1 amide bonds. The molecule has 0 aromatic heterocycles. The summed E-state index contributed by atoms with van der Waals surface area (Å²) in [5.41, 5.74) is 1.35. The average molecular weight is 333 g/mol. The van der Waals surface area contributed by atoms with Crippen molar-refractivity contribution in [3.05, 3.63) is 29.8 Å². The highest BCUT2D eigenvalue weighted by Crippen LogP contribution is 2.17. The second-order valence-electron chi connectivity index (χ2n) is 7.19. The number of amides is 1. The summed E-state index contributed by atoms with van der Waals surface area (Å²) >= 11 is 0. The van der Waals surface area contributed by atoms with Gasteiger partial charge in [0, 0.05) is 38.4 Å². The van der Waals surface area contributed by atoms with Gasteiger partial charge in [-0.15, -0.1) is 0 Å². The van der Waals surface area contributed by atoms with Crippen molar-refractivity contribution in [2.24, 2.45) is 0 Å². The number of hydrogen-bond acceptors (Lipinski definition) is 4. The van der Waals surface area contributed by atoms with Crippen LogP contribution in [0, 0.1) is 6.92 Å². The van der Waals surface area contributed by atoms with Crippen LogP contribution in [0.15, 0.2) is 24.3 Å². The van der Waals surface area contributed by atoms with Gasteiger partial charge in [-0.3, -0.25) is 9.69 Å². The van der Waals surface area contributed by atoms with Gasteiger partial charge in [0.2, 0.25) is 0 Å². The summed E-state index contributed by atoms with van der Waals surface area (Å²) in [7, 11) is 0. The van der Waals surface area contributed by atoms with E-state index in [1.54, 1.807) is 0 Å². The highest BCUT2D eigenvalue weighted by molar-refractivity contribution is 5.83. The third-order valence-corrected chi connectivity index (χ3v) is 4.48. The molecule has 1 aliphatic heterocycles. The summed E-state index contributed by atoms with van der Waals surface area (Å²) in [6.45, 7) is 11.2. The molecule has 1 aromatic rings. The van der Waals surface area contributed by atoms with Crippen molar-refractivity contribution >= 4 is 11.6 Å². The van der Waals surface area contributed by atoms with Gasteiger partial charge in [0.1, 0.15) is 5.60 Å². The first-order chi connectivity index (χ1) is 11.4. The fraction of sp³-hybridized carbons (Fsp3) is 0.632. The molecule has 0 bridgehead atoms. The zero-order valence-electron chi connectivity index (χ0n) is 15.2. The Morgan fingerprint density at radius 2 is 1.92 bits per heavy atom. The first-order valence-corrected chi connectivity index (χ1v) is 8.91. The summed E-state index contributed by atoms with van der Waals surface area (Å²) < 4.78 is 0. The maximum Gasteiger partial charge on any atom is 0.251 e. The van der Waals surface area contributed by atoms with Gasteiger partial charge in [0.15, 0.2) is 0 Å². The topological polar surface area (TPSA) is 55.8 Å². The molecule has 5 nitrogen and oxygen atoms in total. The number of aliphatic hydroxyl groups is 1. The number of hydrogen-bond donors (Lipinski definition) is 2. The fourth-order valence-corrected chi connectivity index (χ4v) is 2.93. The predicted molar refractivity (Wildman–Crippen MR) is 98.4 cm³/mol. The Morgan fingerprint density at radius 3 is 2.54 bits per heavy atom. The molecule has 0 unspecified atom stereocenters. The normalized spacial score (nSPS) is 16.2. The van der Waals surface area contributed by atoms with Crippen molar-refractivity contribution in [1.82, 2.24) is 10.2 Å². The van der Waals surface area contributed by atoms with E-state index in [2.05, 4.69) is 46.3 Å². The number of carbonyl (C=O) groups excluding carboxylic acids is 1. The standard InChI is InChI=1S/C19H31N3O2/c1-16-7-6-8-17(15-16)22-13-11-21(12-14-22)10-5-4-9-20-18(23)19(2,3)24/h6-8,15,24H,4-5,9-14H2,1-3H3,(H,20,23). The summed E-state index contributed by atoms with van der Waals surface area (Å²) in [5.74, 6) is -0.297. The van der Waals surface area contributed by atoms with Gasteiger partial charge in [-0.25, -0.2) is 0 Å². The number of rotatable bonds is 7. The lowest BCUT2D eigenvalue weighted by Gasteiger charge is -2.36. The zero-order valence-corrected chi connectivity index (χ0v) is 15.2. The zero-order chi connectivity index (χ0) is 17.6. The van der Waals surface area contributed by atoms with Crippen LogP contribution in [0.2, 0.25) is 0 Å². The van der Waals surface area contributed by atoms with Gasteiger partial charge in [-0.2, -0.15) is 0 Å². The molecular formula is C19H31N3O2. The fourth-order valence-electron chi connectivity index (χ4n) is 2.93. The van der Waals surface area contributed by atoms with Crippen LogP contribution in [0.4, 0.5) is 5.69 Å². The molecule has 5 heteroatoms. The van der Waals surface area contributed by atoms with E-state index in [4.69, 9.17) is 0 Å². The first-order valence-electron chi connectivity index (χ1n) is 8.91. The third kappa shape index (κ3) is 5.80. The number of piperazine rings is 1. The first kappa shape index (κ1) is 18.7. The second-order valence-corrected chi connectivity index (χ2v) is 7.19. The minimum absolute atomic E-state index is 0.297. The number of benzene rings is 1. The SMILES string of the molecule is Cc1cccc(N2CCN(CCCCNC(=O)C(C)(C)O)CC2)c1. The lowest BCUT2D eigenvalue weighted by molar-refractivity contribution is -0.136. The number of nitrogens with one attached hydrogen (secondary N) is 1. The molecule has 1 aliphatic rings. The Balaban J connectivity index is 1.61. The number of carbonyl (C=O) groups is 1. The van der Waals surface area contributed by atoms with E-state index in [1.807, 2.05) is 0 Å². The van der Waals surface area contributed by atoms with Crippen LogP contribution in [-0.4, -0.2) is 60.8 Å². The quantitative estimate of drug-likeness (QED) is 0.747. The van der Waals surface area contributed by atoms with Crippen LogP contribution < -0.4 is 10.2 Å². The monoisotopic (exact) mass is 333 g/mol. The van der Waals surface area contributed by atoms with Gasteiger partial charge in [-0.1, -0.05) is 12.1 Å². The molecule has 24 heavy (non-hydrogen) atoms. The lowest BCUT2D eigenvalue weighted by Crippen LogP contribution is -2.46. The molecule has 0 spiro atoms. The molecule has 0 aliphatic carbocycles. The molecule has 1 saturated heterocycles. The Hall–Kier alpha value is -1.59. The van der Waals surface area contributed by atoms with E-state index in [0.717, 1.165) is 45.6 Å². The minimum atomic E-state index is -1.29. The molecule has 1 aromatic carbocycles. The molecule has 134 valence electrons. The summed E-state index contributed by atoms with van der Waals surface area (Å²) in [6.07, 6.45) is 2.01. The summed E-state index contributed by atoms with van der Waals surface area (Å²) in [6, 6.07) is 8.70. The highest BCUT2D eigenvalue weighted by atomic mass is 16.3. The molecule has 2 rings (SSSR count). The highest BCUT2D eigenvalue weighted by Gasteiger charge is 2.22. The van der Waals surface area contributed by atoms with Crippen molar-refractivity contribution in [3.63, 3.8) is 0 Å². The van der Waals surface area contributed by atoms with Crippen LogP contribution >= 0.6 is 0 Å². The number of anilines is 1. The van der Waals surface area contributed by atoms with E-state index in [-0.39, 0.29) is 5.91 Å². The van der Waals surface area contributed by atoms with Gasteiger partial charge >= 0.3 is 0 Å². The van der Waals surface area contributed by atoms with Gasteiger partial charge < -0.3 is 15.3 Å². The van der Waals surface area contributed by atoms with Crippen LogP contribution in [0.3, 0.4) is 0 Å². The maximum atomic E-state index is 11.5. The van der Waals surface area contributed by atoms with Gasteiger partial charge in [0.25, 0.3) is 5.91 Å². The van der Waals surface area contributed by atoms with Crippen molar-refractivity contribution < 1.29 is 9.90 Å². The van der Waals surface area contributed by atoms with Crippen LogP contribution in [0.5, 0.6) is 0 Å². The minimum Gasteiger partial charge on any atom is -0.381 e. The van der Waals surface area contributed by atoms with Crippen molar-refractivity contribution in [2.45, 2.75) is 39.2 Å². The van der Waals surface area contributed by atoms with Crippen molar-refractivity contribution in [3.8, 4) is 0 Å². The molecule has 1 fully saturated rings. The Morgan fingerprint density at radius 1 is 1.21 bits per heavy atom. The lowest BCUT2D eigenvalue weighted by atomic mass is 10.1. The molecule has 2 N–H and O–H groups in total. The Bertz CT molecular complexity index is 532. The number of unbranched alkanes of at least 4 members (excludes halogenated alkanes) is 1. The van der Waals surface area contributed by atoms with E-state index >= 15 is 0 Å². The smallest absolute Gasteiger partial charge is 0.251 e. The van der Waals surface area contributed by atoms with Crippen molar-refractivity contribution in [2.75, 3.05) is 44.2 Å². The Kier molecular flexibility index (Phi) is 6.63. The van der Waals surface area contributed by atoms with Gasteiger partial charge in [0.05, 0.1) is 0 Å². The molecule has 0 atom stereocenters. The van der Waals surface area contributed by atoms with Gasteiger partial charge in [-0.05, 0) is 57.9 Å². The molecule has 0 saturated carbocycles. The summed E-state index contributed by atoms with van der Waals surface area (Å²) in [5, 5.41) is 12.3. The van der Waals surface area contributed by atoms with E-state index in [9.17, 15) is 9.90 Å². The van der Waals surface area contributed by atoms with E-state index < -0.39 is 5.60 Å². The summed E-state index contributed by atoms with van der Waals surface area (Å²) in [4.78, 5) is 16.5. The van der Waals surface area contributed by atoms with Crippen LogP contribution in [0.1, 0.15) is 32.3 Å². The predicted octanol–water partition coefficient (Wildman–Crippen LogP) is 1.78. The largest absolute Gasteiger partial charge is 0.381 e. The van der Waals surface area contributed by atoms with E-state index in [1.165, 1.54) is 25.1 Å². The molecule has 0 radical (unpaired) electrons. The third-order valence-electron chi connectivity index (χ3n) is 4.48. The molecular weight excluding hydrogens is 302 g/mol. The number of nitrogens with zero attached hydrogens (tertiary/aromatic N) is 2.